The molecule has 0 spiro atoms. The molecular weight excluding hydrogens is 200 g/mol. The summed E-state index contributed by atoms with van der Waals surface area (Å²) < 4.78 is 5.56. The Labute approximate surface area is 94.9 Å². The number of rotatable bonds is 1. The summed E-state index contributed by atoms with van der Waals surface area (Å²) in [4.78, 5) is 12.0. The van der Waals surface area contributed by atoms with E-state index in [-0.39, 0.29) is 17.6 Å². The first-order valence-corrected chi connectivity index (χ1v) is 5.79. The van der Waals surface area contributed by atoms with Crippen molar-refractivity contribution in [2.75, 3.05) is 6.61 Å². The second kappa shape index (κ2) is 3.78. The quantitative estimate of drug-likeness (QED) is 0.718. The molecule has 1 aliphatic heterocycles. The van der Waals surface area contributed by atoms with Gasteiger partial charge < -0.3 is 4.74 Å². The van der Waals surface area contributed by atoms with Crippen molar-refractivity contribution < 1.29 is 9.53 Å². The molecule has 3 rings (SSSR count). The molecule has 2 heteroatoms. The molecule has 82 valence electrons. The molecule has 16 heavy (non-hydrogen) atoms. The molecule has 0 saturated carbocycles. The molecule has 0 unspecified atom stereocenters. The molecular formula is C14H14O2. The molecule has 0 amide bonds. The van der Waals surface area contributed by atoms with Crippen molar-refractivity contribution in [3.8, 4) is 0 Å². The van der Waals surface area contributed by atoms with Gasteiger partial charge >= 0.3 is 0 Å². The predicted molar refractivity (Wildman–Crippen MR) is 60.9 cm³/mol. The predicted octanol–water partition coefficient (Wildman–Crippen LogP) is 2.66. The van der Waals surface area contributed by atoms with Crippen LogP contribution in [0.1, 0.15) is 24.3 Å². The standard InChI is InChI=1S/C14H14O2/c15-12-9-13-11(7-4-8-16-13)14(12)10-5-2-1-3-6-10/h1-3,5-6,9,11,14H,4,7-8H2/t11-,14+/m0/s1. The highest BCUT2D eigenvalue weighted by Gasteiger charge is 2.39. The van der Waals surface area contributed by atoms with Gasteiger partial charge in [-0.3, -0.25) is 4.79 Å². The average Bonchev–Trinajstić information content (AvgIpc) is 2.66. The van der Waals surface area contributed by atoms with Crippen molar-refractivity contribution in [1.82, 2.24) is 0 Å². The van der Waals surface area contributed by atoms with Crippen molar-refractivity contribution >= 4 is 5.78 Å². The molecule has 1 saturated heterocycles. The first-order valence-electron chi connectivity index (χ1n) is 5.79. The SMILES string of the molecule is O=C1C=C2OCCC[C@@H]2[C@H]1c1ccccc1. The Hall–Kier alpha value is -1.57. The molecule has 0 aromatic heterocycles. The lowest BCUT2D eigenvalue weighted by molar-refractivity contribution is -0.116. The van der Waals surface area contributed by atoms with Gasteiger partial charge in [0.15, 0.2) is 5.78 Å². The molecule has 0 bridgehead atoms. The van der Waals surface area contributed by atoms with Crippen molar-refractivity contribution in [3.63, 3.8) is 0 Å². The largest absolute Gasteiger partial charge is 0.497 e. The highest BCUT2D eigenvalue weighted by Crippen LogP contribution is 2.42. The van der Waals surface area contributed by atoms with Crippen LogP contribution in [0.2, 0.25) is 0 Å². The monoisotopic (exact) mass is 214 g/mol. The minimum atomic E-state index is -0.00324. The fourth-order valence-corrected chi connectivity index (χ4v) is 2.71. The van der Waals surface area contributed by atoms with E-state index in [1.165, 1.54) is 0 Å². The summed E-state index contributed by atoms with van der Waals surface area (Å²) in [6.45, 7) is 0.761. The number of carbonyl (C=O) groups is 1. The average molecular weight is 214 g/mol. The lowest BCUT2D eigenvalue weighted by Gasteiger charge is -2.26. The van der Waals surface area contributed by atoms with Gasteiger partial charge in [0.1, 0.15) is 5.76 Å². The Balaban J connectivity index is 1.95. The maximum absolute atomic E-state index is 12.0. The van der Waals surface area contributed by atoms with E-state index in [9.17, 15) is 4.79 Å². The number of allylic oxidation sites excluding steroid dienone is 2. The second-order valence-corrected chi connectivity index (χ2v) is 4.43. The van der Waals surface area contributed by atoms with E-state index in [4.69, 9.17) is 4.74 Å². The summed E-state index contributed by atoms with van der Waals surface area (Å²) in [5, 5.41) is 0. The smallest absolute Gasteiger partial charge is 0.167 e. The van der Waals surface area contributed by atoms with Crippen molar-refractivity contribution in [2.45, 2.75) is 18.8 Å². The van der Waals surface area contributed by atoms with Crippen LogP contribution in [0.4, 0.5) is 0 Å². The zero-order chi connectivity index (χ0) is 11.0. The summed E-state index contributed by atoms with van der Waals surface area (Å²) >= 11 is 0. The van der Waals surface area contributed by atoms with Gasteiger partial charge in [-0.05, 0) is 18.4 Å². The number of fused-ring (bicyclic) bond motifs is 1. The lowest BCUT2D eigenvalue weighted by Crippen LogP contribution is -2.20. The van der Waals surface area contributed by atoms with Crippen LogP contribution in [0.25, 0.3) is 0 Å². The van der Waals surface area contributed by atoms with Crippen molar-refractivity contribution in [2.24, 2.45) is 5.92 Å². The second-order valence-electron chi connectivity index (χ2n) is 4.43. The highest BCUT2D eigenvalue weighted by molar-refractivity contribution is 5.99. The van der Waals surface area contributed by atoms with Gasteiger partial charge in [-0.25, -0.2) is 0 Å². The Bertz CT molecular complexity index is 433. The molecule has 2 aliphatic rings. The molecule has 1 heterocycles. The van der Waals surface area contributed by atoms with E-state index in [0.717, 1.165) is 30.8 Å². The minimum absolute atomic E-state index is 0.00324. The Morgan fingerprint density at radius 3 is 2.81 bits per heavy atom. The van der Waals surface area contributed by atoms with E-state index in [1.54, 1.807) is 6.08 Å². The molecule has 0 radical (unpaired) electrons. The van der Waals surface area contributed by atoms with Crippen LogP contribution in [0.3, 0.4) is 0 Å². The third-order valence-electron chi connectivity index (χ3n) is 3.45. The van der Waals surface area contributed by atoms with E-state index < -0.39 is 0 Å². The normalized spacial score (nSPS) is 28.2. The third kappa shape index (κ3) is 1.45. The number of hydrogen-bond acceptors (Lipinski definition) is 2. The minimum Gasteiger partial charge on any atom is -0.497 e. The Morgan fingerprint density at radius 2 is 2.00 bits per heavy atom. The van der Waals surface area contributed by atoms with Gasteiger partial charge in [-0.2, -0.15) is 0 Å². The van der Waals surface area contributed by atoms with Gasteiger partial charge in [0.05, 0.1) is 12.5 Å². The number of benzene rings is 1. The third-order valence-corrected chi connectivity index (χ3v) is 3.45. The van der Waals surface area contributed by atoms with Gasteiger partial charge in [0.25, 0.3) is 0 Å². The lowest BCUT2D eigenvalue weighted by atomic mass is 9.83. The summed E-state index contributed by atoms with van der Waals surface area (Å²) in [5.74, 6) is 1.39. The van der Waals surface area contributed by atoms with Gasteiger partial charge in [0, 0.05) is 12.0 Å². The van der Waals surface area contributed by atoms with Crippen LogP contribution < -0.4 is 0 Å². The van der Waals surface area contributed by atoms with Crippen LogP contribution in [-0.4, -0.2) is 12.4 Å². The van der Waals surface area contributed by atoms with Gasteiger partial charge in [-0.15, -0.1) is 0 Å². The molecule has 1 aromatic carbocycles. The first kappa shape index (κ1) is 9.64. The maximum atomic E-state index is 12.0. The first-order chi connectivity index (χ1) is 7.86. The zero-order valence-electron chi connectivity index (χ0n) is 9.06. The van der Waals surface area contributed by atoms with Crippen molar-refractivity contribution in [1.29, 1.82) is 0 Å². The van der Waals surface area contributed by atoms with Crippen LogP contribution in [-0.2, 0) is 9.53 Å². The summed E-state index contributed by atoms with van der Waals surface area (Å²) in [5.41, 5.74) is 1.12. The number of carbonyl (C=O) groups excluding carboxylic acids is 1. The van der Waals surface area contributed by atoms with E-state index in [2.05, 4.69) is 0 Å². The summed E-state index contributed by atoms with van der Waals surface area (Å²) in [7, 11) is 0. The fraction of sp³-hybridized carbons (Fsp3) is 0.357. The van der Waals surface area contributed by atoms with E-state index >= 15 is 0 Å². The number of ketones is 1. The van der Waals surface area contributed by atoms with Gasteiger partial charge in [0.2, 0.25) is 0 Å². The molecule has 2 atom stereocenters. The highest BCUT2D eigenvalue weighted by atomic mass is 16.5. The van der Waals surface area contributed by atoms with Crippen LogP contribution in [0.15, 0.2) is 42.2 Å². The van der Waals surface area contributed by atoms with Crippen LogP contribution in [0, 0.1) is 5.92 Å². The molecule has 2 nitrogen and oxygen atoms in total. The fourth-order valence-electron chi connectivity index (χ4n) is 2.71. The van der Waals surface area contributed by atoms with Crippen molar-refractivity contribution in [3.05, 3.63) is 47.7 Å². The molecule has 1 aromatic rings. The molecule has 1 aliphatic carbocycles. The Morgan fingerprint density at radius 1 is 1.19 bits per heavy atom. The maximum Gasteiger partial charge on any atom is 0.167 e. The number of ether oxygens (including phenoxy) is 1. The topological polar surface area (TPSA) is 26.3 Å². The van der Waals surface area contributed by atoms with Gasteiger partial charge in [-0.1, -0.05) is 30.3 Å². The van der Waals surface area contributed by atoms with Crippen LogP contribution >= 0.6 is 0 Å². The van der Waals surface area contributed by atoms with Crippen LogP contribution in [0.5, 0.6) is 0 Å². The Kier molecular flexibility index (Phi) is 2.28. The zero-order valence-corrected chi connectivity index (χ0v) is 9.06. The summed E-state index contributed by atoms with van der Waals surface area (Å²) in [6, 6.07) is 10.0. The van der Waals surface area contributed by atoms with E-state index in [0.29, 0.717) is 0 Å². The van der Waals surface area contributed by atoms with E-state index in [1.807, 2.05) is 30.3 Å². The summed E-state index contributed by atoms with van der Waals surface area (Å²) in [6.07, 6.45) is 3.82. The molecule has 1 fully saturated rings. The number of hydrogen-bond donors (Lipinski definition) is 0. The molecule has 0 N–H and O–H groups in total.